The first-order valence-electron chi connectivity index (χ1n) is 4.28. The second kappa shape index (κ2) is 2.16. The zero-order valence-corrected chi connectivity index (χ0v) is 6.67. The van der Waals surface area contributed by atoms with Crippen molar-refractivity contribution in [1.29, 1.82) is 0 Å². The van der Waals surface area contributed by atoms with Gasteiger partial charge in [-0.15, -0.1) is 0 Å². The van der Waals surface area contributed by atoms with Crippen LogP contribution in [0.1, 0.15) is 26.2 Å². The van der Waals surface area contributed by atoms with Crippen LogP contribution in [0.4, 0.5) is 0 Å². The lowest BCUT2D eigenvalue weighted by Gasteiger charge is -2.22. The highest BCUT2D eigenvalue weighted by atomic mass is 16.2. The van der Waals surface area contributed by atoms with E-state index in [2.05, 4.69) is 6.92 Å². The number of hydrogen-bond donors (Lipinski definition) is 0. The Hall–Kier alpha value is -0.660. The number of fused-ring (bicyclic) bond motifs is 2. The van der Waals surface area contributed by atoms with Crippen LogP contribution in [0.15, 0.2) is 0 Å². The van der Waals surface area contributed by atoms with Crippen molar-refractivity contribution < 1.29 is 9.59 Å². The van der Waals surface area contributed by atoms with Crippen molar-refractivity contribution in [3.8, 4) is 0 Å². The van der Waals surface area contributed by atoms with Crippen molar-refractivity contribution in [3.05, 3.63) is 0 Å². The minimum absolute atomic E-state index is 0.0833. The van der Waals surface area contributed by atoms with Gasteiger partial charge in [0.1, 0.15) is 0 Å². The molecule has 2 fully saturated rings. The number of carbonyl (C=O) groups is 2. The van der Waals surface area contributed by atoms with E-state index in [-0.39, 0.29) is 23.4 Å². The maximum Gasteiger partial charge on any atom is 0.202 e. The van der Waals surface area contributed by atoms with E-state index in [1.807, 2.05) is 0 Å². The van der Waals surface area contributed by atoms with Crippen LogP contribution in [0, 0.1) is 17.8 Å². The van der Waals surface area contributed by atoms with Gasteiger partial charge in [-0.3, -0.25) is 9.59 Å². The summed E-state index contributed by atoms with van der Waals surface area (Å²) in [7, 11) is 0. The van der Waals surface area contributed by atoms with Crippen LogP contribution < -0.4 is 0 Å². The molecule has 0 saturated heterocycles. The van der Waals surface area contributed by atoms with Crippen molar-refractivity contribution in [2.24, 2.45) is 17.8 Å². The van der Waals surface area contributed by atoms with Gasteiger partial charge in [0.2, 0.25) is 11.6 Å². The third-order valence-corrected chi connectivity index (χ3v) is 3.15. The van der Waals surface area contributed by atoms with Crippen LogP contribution in [-0.4, -0.2) is 11.6 Å². The van der Waals surface area contributed by atoms with Gasteiger partial charge in [0.05, 0.1) is 0 Å². The Labute approximate surface area is 66.0 Å². The van der Waals surface area contributed by atoms with Gasteiger partial charge in [0.15, 0.2) is 0 Å². The maximum absolute atomic E-state index is 11.2. The molecule has 2 aliphatic rings. The molecule has 0 radical (unpaired) electrons. The standard InChI is InChI=1S/C9H12O2/c1-5-2-3-6-4-7(5)9(11)8(6)10/h5-7H,2-4H2,1H3. The summed E-state index contributed by atoms with van der Waals surface area (Å²) >= 11 is 0. The highest BCUT2D eigenvalue weighted by Crippen LogP contribution is 2.40. The van der Waals surface area contributed by atoms with E-state index >= 15 is 0 Å². The Morgan fingerprint density at radius 2 is 1.91 bits per heavy atom. The minimum Gasteiger partial charge on any atom is -0.291 e. The molecule has 2 heteroatoms. The van der Waals surface area contributed by atoms with Gasteiger partial charge in [-0.25, -0.2) is 0 Å². The van der Waals surface area contributed by atoms with Gasteiger partial charge >= 0.3 is 0 Å². The third-order valence-electron chi connectivity index (χ3n) is 3.15. The van der Waals surface area contributed by atoms with Gasteiger partial charge in [0, 0.05) is 11.8 Å². The first kappa shape index (κ1) is 7.01. The Balaban J connectivity index is 2.29. The summed E-state index contributed by atoms with van der Waals surface area (Å²) in [5.74, 6) is 0.467. The van der Waals surface area contributed by atoms with Crippen molar-refractivity contribution in [3.63, 3.8) is 0 Å². The highest BCUT2D eigenvalue weighted by molar-refractivity contribution is 6.40. The summed E-state index contributed by atoms with van der Waals surface area (Å²) in [4.78, 5) is 22.4. The fourth-order valence-electron chi connectivity index (χ4n) is 2.31. The predicted octanol–water partition coefficient (Wildman–Crippen LogP) is 1.19. The molecule has 0 N–H and O–H groups in total. The fourth-order valence-corrected chi connectivity index (χ4v) is 2.31. The number of rotatable bonds is 0. The molecule has 0 aromatic rings. The van der Waals surface area contributed by atoms with E-state index < -0.39 is 0 Å². The molecule has 0 heterocycles. The lowest BCUT2D eigenvalue weighted by atomic mass is 9.81. The quantitative estimate of drug-likeness (QED) is 0.488. The summed E-state index contributed by atoms with van der Waals surface area (Å²) in [6.45, 7) is 2.08. The van der Waals surface area contributed by atoms with Crippen LogP contribution in [0.25, 0.3) is 0 Å². The fraction of sp³-hybridized carbons (Fsp3) is 0.778. The SMILES string of the molecule is CC1CCC2CC1C(=O)C2=O. The topological polar surface area (TPSA) is 34.1 Å². The highest BCUT2D eigenvalue weighted by Gasteiger charge is 2.46. The molecule has 2 aliphatic carbocycles. The Bertz CT molecular complexity index is 220. The van der Waals surface area contributed by atoms with E-state index in [1.54, 1.807) is 0 Å². The summed E-state index contributed by atoms with van der Waals surface area (Å²) in [6, 6.07) is 0. The second-order valence-corrected chi connectivity index (χ2v) is 3.82. The molecule has 0 aromatic carbocycles. The number of Topliss-reactive ketones (excluding diaryl/α,β-unsaturated/α-hetero) is 2. The zero-order valence-electron chi connectivity index (χ0n) is 6.67. The number of hydrogen-bond acceptors (Lipinski definition) is 2. The normalized spacial score (nSPS) is 43.2. The van der Waals surface area contributed by atoms with Crippen LogP contribution in [-0.2, 0) is 9.59 Å². The molecule has 0 spiro atoms. The van der Waals surface area contributed by atoms with E-state index in [9.17, 15) is 9.59 Å². The lowest BCUT2D eigenvalue weighted by molar-refractivity contribution is -0.137. The van der Waals surface area contributed by atoms with E-state index in [0.29, 0.717) is 5.92 Å². The molecule has 2 bridgehead atoms. The Morgan fingerprint density at radius 3 is 2.55 bits per heavy atom. The largest absolute Gasteiger partial charge is 0.291 e. The van der Waals surface area contributed by atoms with Crippen molar-refractivity contribution in [2.45, 2.75) is 26.2 Å². The average Bonchev–Trinajstić information content (AvgIpc) is 2.24. The molecule has 2 rings (SSSR count). The molecule has 0 aliphatic heterocycles. The average molecular weight is 152 g/mol. The van der Waals surface area contributed by atoms with Gasteiger partial charge < -0.3 is 0 Å². The van der Waals surface area contributed by atoms with Crippen LogP contribution in [0.2, 0.25) is 0 Å². The molecule has 0 aromatic heterocycles. The van der Waals surface area contributed by atoms with Crippen LogP contribution in [0.5, 0.6) is 0 Å². The number of ketones is 2. The lowest BCUT2D eigenvalue weighted by Crippen LogP contribution is -2.19. The smallest absolute Gasteiger partial charge is 0.202 e. The summed E-state index contributed by atoms with van der Waals surface area (Å²) in [5.41, 5.74) is 0. The molecular weight excluding hydrogens is 140 g/mol. The minimum atomic E-state index is -0.0839. The summed E-state index contributed by atoms with van der Waals surface area (Å²) < 4.78 is 0. The van der Waals surface area contributed by atoms with Crippen LogP contribution >= 0.6 is 0 Å². The second-order valence-electron chi connectivity index (χ2n) is 3.82. The van der Waals surface area contributed by atoms with Crippen molar-refractivity contribution >= 4 is 11.6 Å². The zero-order chi connectivity index (χ0) is 8.01. The van der Waals surface area contributed by atoms with Gasteiger partial charge in [-0.1, -0.05) is 6.92 Å². The Kier molecular flexibility index (Phi) is 1.38. The summed E-state index contributed by atoms with van der Waals surface area (Å²) in [5, 5.41) is 0. The van der Waals surface area contributed by atoms with E-state index in [4.69, 9.17) is 0 Å². The van der Waals surface area contributed by atoms with Gasteiger partial charge in [0.25, 0.3) is 0 Å². The number of carbonyl (C=O) groups excluding carboxylic acids is 2. The Morgan fingerprint density at radius 1 is 1.18 bits per heavy atom. The molecule has 2 saturated carbocycles. The monoisotopic (exact) mass is 152 g/mol. The molecule has 3 unspecified atom stereocenters. The van der Waals surface area contributed by atoms with E-state index in [1.165, 1.54) is 0 Å². The van der Waals surface area contributed by atoms with Crippen LogP contribution in [0.3, 0.4) is 0 Å². The first-order chi connectivity index (χ1) is 5.20. The third kappa shape index (κ3) is 0.849. The molecular formula is C9H12O2. The molecule has 60 valence electrons. The van der Waals surface area contributed by atoms with E-state index in [0.717, 1.165) is 19.3 Å². The summed E-state index contributed by atoms with van der Waals surface area (Å²) in [6.07, 6.45) is 2.86. The molecule has 2 nitrogen and oxygen atoms in total. The predicted molar refractivity (Wildman–Crippen MR) is 40.0 cm³/mol. The van der Waals surface area contributed by atoms with Gasteiger partial charge in [-0.05, 0) is 25.2 Å². The van der Waals surface area contributed by atoms with Crippen molar-refractivity contribution in [1.82, 2.24) is 0 Å². The maximum atomic E-state index is 11.2. The first-order valence-corrected chi connectivity index (χ1v) is 4.28. The molecule has 11 heavy (non-hydrogen) atoms. The van der Waals surface area contributed by atoms with Gasteiger partial charge in [-0.2, -0.15) is 0 Å². The molecule has 3 atom stereocenters. The molecule has 0 amide bonds. The van der Waals surface area contributed by atoms with Crippen molar-refractivity contribution in [2.75, 3.05) is 0 Å².